The average Bonchev–Trinajstić information content (AvgIpc) is 2.54. The van der Waals surface area contributed by atoms with Gasteiger partial charge in [0, 0.05) is 0 Å². The van der Waals surface area contributed by atoms with Crippen LogP contribution in [0.3, 0.4) is 0 Å². The van der Waals surface area contributed by atoms with Crippen LogP contribution in [0.5, 0.6) is 0 Å². The van der Waals surface area contributed by atoms with E-state index in [0.717, 1.165) is 0 Å². The van der Waals surface area contributed by atoms with Crippen molar-refractivity contribution in [3.05, 3.63) is 17.8 Å². The Morgan fingerprint density at radius 3 is 2.50 bits per heavy atom. The maximum Gasteiger partial charge on any atom is 0.471 e. The average molecular weight is 206 g/mol. The lowest BCUT2D eigenvalue weighted by molar-refractivity contribution is -0.159. The smallest absolute Gasteiger partial charge is 0.329 e. The van der Waals surface area contributed by atoms with Gasteiger partial charge in [0.15, 0.2) is 5.82 Å². The molecule has 0 bridgehead atoms. The van der Waals surface area contributed by atoms with Gasteiger partial charge in [0.25, 0.3) is 0 Å². The zero-order chi connectivity index (χ0) is 10.8. The van der Waals surface area contributed by atoms with Gasteiger partial charge in [0.1, 0.15) is 0 Å². The number of rotatable bonds is 2. The number of nitrogens with zero attached hydrogens (tertiary/aromatic N) is 2. The highest BCUT2D eigenvalue weighted by Gasteiger charge is 2.38. The molecule has 78 valence electrons. The van der Waals surface area contributed by atoms with E-state index < -0.39 is 12.1 Å². The van der Waals surface area contributed by atoms with E-state index in [0.29, 0.717) is 12.0 Å². The molecule has 0 saturated carbocycles. The lowest BCUT2D eigenvalue weighted by atomic mass is 10.2. The summed E-state index contributed by atoms with van der Waals surface area (Å²) < 4.78 is 40.3. The van der Waals surface area contributed by atoms with Crippen molar-refractivity contribution in [2.75, 3.05) is 0 Å². The van der Waals surface area contributed by atoms with Crippen LogP contribution >= 0.6 is 0 Å². The second-order valence-electron chi connectivity index (χ2n) is 2.59. The molecule has 0 aliphatic carbocycles. The van der Waals surface area contributed by atoms with E-state index in [1.807, 2.05) is 0 Å². The van der Waals surface area contributed by atoms with Crippen LogP contribution in [-0.2, 0) is 6.18 Å². The third-order valence-corrected chi connectivity index (χ3v) is 1.69. The lowest BCUT2D eigenvalue weighted by Gasteiger charge is -1.96. The minimum absolute atomic E-state index is 0.00215. The van der Waals surface area contributed by atoms with E-state index in [-0.39, 0.29) is 5.82 Å². The Morgan fingerprint density at radius 2 is 2.14 bits per heavy atom. The molecule has 1 heterocycles. The number of hydrogen-bond donors (Lipinski definition) is 0. The first-order valence-corrected chi connectivity index (χ1v) is 4.05. The quantitative estimate of drug-likeness (QED) is 0.746. The van der Waals surface area contributed by atoms with Crippen LogP contribution in [0.15, 0.2) is 10.6 Å². The Kier molecular flexibility index (Phi) is 2.93. The first-order valence-electron chi connectivity index (χ1n) is 4.05. The zero-order valence-electron chi connectivity index (χ0n) is 7.72. The predicted octanol–water partition coefficient (Wildman–Crippen LogP) is 2.90. The van der Waals surface area contributed by atoms with E-state index >= 15 is 0 Å². The molecule has 0 radical (unpaired) electrons. The van der Waals surface area contributed by atoms with Crippen LogP contribution < -0.4 is 0 Å². The van der Waals surface area contributed by atoms with Crippen molar-refractivity contribution in [3.8, 4) is 0 Å². The molecule has 6 heteroatoms. The minimum Gasteiger partial charge on any atom is -0.329 e. The van der Waals surface area contributed by atoms with Crippen molar-refractivity contribution < 1.29 is 17.7 Å². The molecule has 3 nitrogen and oxygen atoms in total. The number of allylic oxidation sites excluding steroid dienone is 2. The van der Waals surface area contributed by atoms with Gasteiger partial charge < -0.3 is 4.52 Å². The first-order chi connectivity index (χ1) is 6.49. The van der Waals surface area contributed by atoms with Crippen molar-refractivity contribution >= 4 is 5.57 Å². The van der Waals surface area contributed by atoms with E-state index in [1.165, 1.54) is 0 Å². The summed E-state index contributed by atoms with van der Waals surface area (Å²) in [5.74, 6) is -1.30. The van der Waals surface area contributed by atoms with Crippen LogP contribution in [0.2, 0.25) is 0 Å². The van der Waals surface area contributed by atoms with Gasteiger partial charge in [0.2, 0.25) is 0 Å². The summed E-state index contributed by atoms with van der Waals surface area (Å²) in [5.41, 5.74) is 0.629. The summed E-state index contributed by atoms with van der Waals surface area (Å²) in [5, 5.41) is 3.25. The summed E-state index contributed by atoms with van der Waals surface area (Å²) in [6, 6.07) is 0. The van der Waals surface area contributed by atoms with Crippen molar-refractivity contribution in [2.45, 2.75) is 26.4 Å². The fourth-order valence-corrected chi connectivity index (χ4v) is 0.960. The van der Waals surface area contributed by atoms with Gasteiger partial charge in [-0.2, -0.15) is 18.2 Å². The lowest BCUT2D eigenvalue weighted by Crippen LogP contribution is -2.05. The fraction of sp³-hybridized carbons (Fsp3) is 0.500. The summed E-state index contributed by atoms with van der Waals surface area (Å²) >= 11 is 0. The van der Waals surface area contributed by atoms with Crippen molar-refractivity contribution in [1.82, 2.24) is 10.1 Å². The van der Waals surface area contributed by atoms with Crippen LogP contribution in [-0.4, -0.2) is 10.1 Å². The minimum atomic E-state index is -4.57. The molecule has 0 atom stereocenters. The molecule has 0 N–H and O–H groups in total. The maximum atomic E-state index is 12.1. The van der Waals surface area contributed by atoms with E-state index in [9.17, 15) is 13.2 Å². The summed E-state index contributed by atoms with van der Waals surface area (Å²) in [7, 11) is 0. The summed E-state index contributed by atoms with van der Waals surface area (Å²) in [6.07, 6.45) is -2.35. The Hall–Kier alpha value is -1.33. The molecule has 0 saturated heterocycles. The van der Waals surface area contributed by atoms with Crippen LogP contribution in [0.1, 0.15) is 32.0 Å². The molecule has 14 heavy (non-hydrogen) atoms. The molecule has 0 aromatic carbocycles. The molecule has 1 aromatic rings. The van der Waals surface area contributed by atoms with Crippen molar-refractivity contribution in [1.29, 1.82) is 0 Å². The standard InChI is InChI=1S/C8H9F3N2O/c1-3-5(4-2)6-12-7(14-13-6)8(9,10)11/h3H,4H2,1-2H3. The molecule has 1 rings (SSSR count). The molecule has 0 aliphatic heterocycles. The first kappa shape index (κ1) is 10.7. The van der Waals surface area contributed by atoms with Gasteiger partial charge in [0.05, 0.1) is 0 Å². The molecule has 0 fully saturated rings. The normalized spacial score (nSPS) is 13.4. The number of alkyl halides is 3. The van der Waals surface area contributed by atoms with E-state index in [4.69, 9.17) is 0 Å². The van der Waals surface area contributed by atoms with Gasteiger partial charge in [-0.15, -0.1) is 0 Å². The summed E-state index contributed by atoms with van der Waals surface area (Å²) in [6.45, 7) is 3.52. The Labute approximate surface area is 78.6 Å². The van der Waals surface area contributed by atoms with Crippen LogP contribution in [0.4, 0.5) is 13.2 Å². The molecule has 0 unspecified atom stereocenters. The van der Waals surface area contributed by atoms with Gasteiger partial charge >= 0.3 is 12.1 Å². The Morgan fingerprint density at radius 1 is 1.50 bits per heavy atom. The number of aromatic nitrogens is 2. The topological polar surface area (TPSA) is 38.9 Å². The molecule has 1 aromatic heterocycles. The number of hydrogen-bond acceptors (Lipinski definition) is 3. The largest absolute Gasteiger partial charge is 0.471 e. The van der Waals surface area contributed by atoms with Crippen LogP contribution in [0, 0.1) is 0 Å². The highest BCUT2D eigenvalue weighted by Crippen LogP contribution is 2.28. The molecular weight excluding hydrogens is 197 g/mol. The van der Waals surface area contributed by atoms with Gasteiger partial charge in [-0.3, -0.25) is 0 Å². The molecule has 0 spiro atoms. The highest BCUT2D eigenvalue weighted by molar-refractivity contribution is 5.58. The molecular formula is C8H9F3N2O. The molecule has 0 aliphatic rings. The van der Waals surface area contributed by atoms with Crippen LogP contribution in [0.25, 0.3) is 5.57 Å². The van der Waals surface area contributed by atoms with Crippen molar-refractivity contribution in [3.63, 3.8) is 0 Å². The second-order valence-corrected chi connectivity index (χ2v) is 2.59. The zero-order valence-corrected chi connectivity index (χ0v) is 7.72. The summed E-state index contributed by atoms with van der Waals surface area (Å²) in [4.78, 5) is 3.25. The Bertz CT molecular complexity index is 341. The predicted molar refractivity (Wildman–Crippen MR) is 43.2 cm³/mol. The number of halogens is 3. The second kappa shape index (κ2) is 3.81. The fourth-order valence-electron chi connectivity index (χ4n) is 0.960. The third kappa shape index (κ3) is 2.12. The molecule has 0 amide bonds. The van der Waals surface area contributed by atoms with E-state index in [2.05, 4.69) is 14.7 Å². The SMILES string of the molecule is CC=C(CC)c1noc(C(F)(F)F)n1. The van der Waals surface area contributed by atoms with Gasteiger partial charge in [-0.1, -0.05) is 18.2 Å². The van der Waals surface area contributed by atoms with Gasteiger partial charge in [-0.25, -0.2) is 0 Å². The third-order valence-electron chi connectivity index (χ3n) is 1.69. The maximum absolute atomic E-state index is 12.1. The monoisotopic (exact) mass is 206 g/mol. The van der Waals surface area contributed by atoms with Gasteiger partial charge in [-0.05, 0) is 18.9 Å². The highest BCUT2D eigenvalue weighted by atomic mass is 19.4. The van der Waals surface area contributed by atoms with E-state index in [1.54, 1.807) is 19.9 Å². The van der Waals surface area contributed by atoms with Crippen molar-refractivity contribution in [2.24, 2.45) is 0 Å². The Balaban J connectivity index is 2.99.